The van der Waals surface area contributed by atoms with E-state index >= 15 is 0 Å². The Kier molecular flexibility index (Phi) is 4.62. The number of hydrogen-bond donors (Lipinski definition) is 2. The summed E-state index contributed by atoms with van der Waals surface area (Å²) in [6.07, 6.45) is 1.16. The molecule has 0 amide bonds. The predicted octanol–water partition coefficient (Wildman–Crippen LogP) is 1.77. The van der Waals surface area contributed by atoms with Gasteiger partial charge >= 0.3 is 0 Å². The zero-order valence-corrected chi connectivity index (χ0v) is 12.3. The standard InChI is InChI=1S/C11H15NO5S2/c1-11(2,3)12(13)7-8-4-5-9(18-14)6-10(8)19(15,16)17/h4-7H,1-3H3,(H2-,13,14,15,16,17)/b12-7-. The summed E-state index contributed by atoms with van der Waals surface area (Å²) in [4.78, 5) is -0.262. The fourth-order valence-electron chi connectivity index (χ4n) is 1.22. The average molecular weight is 305 g/mol. The molecule has 1 rings (SSSR count). The Morgan fingerprint density at radius 1 is 1.37 bits per heavy atom. The van der Waals surface area contributed by atoms with Gasteiger partial charge in [-0.15, -0.1) is 0 Å². The molecule has 8 heteroatoms. The number of hydroxylamine groups is 1. The van der Waals surface area contributed by atoms with Gasteiger partial charge in [0, 0.05) is 37.7 Å². The van der Waals surface area contributed by atoms with Crippen LogP contribution >= 0.6 is 12.0 Å². The van der Waals surface area contributed by atoms with E-state index in [1.807, 2.05) is 0 Å². The van der Waals surface area contributed by atoms with Crippen molar-refractivity contribution < 1.29 is 27.5 Å². The van der Waals surface area contributed by atoms with Crippen molar-refractivity contribution in [2.45, 2.75) is 36.1 Å². The maximum Gasteiger partial charge on any atom is 0.224 e. The molecule has 0 bridgehead atoms. The van der Waals surface area contributed by atoms with Crippen molar-refractivity contribution in [2.24, 2.45) is 0 Å². The first-order valence-electron chi connectivity index (χ1n) is 5.30. The molecule has 0 fully saturated rings. The Morgan fingerprint density at radius 2 is 1.95 bits per heavy atom. The van der Waals surface area contributed by atoms with E-state index in [2.05, 4.69) is 0 Å². The molecule has 0 unspecified atom stereocenters. The van der Waals surface area contributed by atoms with Crippen LogP contribution < -0.4 is 0 Å². The van der Waals surface area contributed by atoms with Crippen molar-refractivity contribution in [3.63, 3.8) is 0 Å². The summed E-state index contributed by atoms with van der Waals surface area (Å²) >= 11 is 0.339. The molecular weight excluding hydrogens is 290 g/mol. The van der Waals surface area contributed by atoms with Crippen LogP contribution in [0.5, 0.6) is 0 Å². The molecule has 0 aliphatic heterocycles. The van der Waals surface area contributed by atoms with Gasteiger partial charge in [0.2, 0.25) is 11.8 Å². The van der Waals surface area contributed by atoms with Crippen LogP contribution in [-0.2, 0) is 10.1 Å². The van der Waals surface area contributed by atoms with E-state index in [0.717, 1.165) is 17.0 Å². The smallest absolute Gasteiger partial charge is 0.224 e. The lowest BCUT2D eigenvalue weighted by Crippen LogP contribution is -2.31. The van der Waals surface area contributed by atoms with E-state index in [4.69, 9.17) is 4.55 Å². The molecule has 0 saturated carbocycles. The van der Waals surface area contributed by atoms with E-state index in [9.17, 15) is 18.2 Å². The second kappa shape index (κ2) is 5.49. The largest absolute Gasteiger partial charge is 0.744 e. The summed E-state index contributed by atoms with van der Waals surface area (Å²) in [6.45, 7) is 5.15. The quantitative estimate of drug-likeness (QED) is 0.220. The van der Waals surface area contributed by atoms with Gasteiger partial charge in [-0.25, -0.2) is 8.42 Å². The summed E-state index contributed by atoms with van der Waals surface area (Å²) in [5.74, 6) is 0. The van der Waals surface area contributed by atoms with Crippen LogP contribution in [0.2, 0.25) is 0 Å². The maximum atomic E-state index is 11.2. The van der Waals surface area contributed by atoms with Crippen LogP contribution in [0, 0.1) is 0 Å². The van der Waals surface area contributed by atoms with Gasteiger partial charge in [0.25, 0.3) is 0 Å². The molecule has 1 aromatic rings. The molecular formula is C11H15NO5S2. The third kappa shape index (κ3) is 4.20. The first-order valence-corrected chi connectivity index (χ1v) is 7.48. The highest BCUT2D eigenvalue weighted by Crippen LogP contribution is 2.22. The van der Waals surface area contributed by atoms with Gasteiger partial charge in [0.15, 0.2) is 0 Å². The minimum atomic E-state index is -4.70. The number of benzene rings is 1. The first kappa shape index (κ1) is 16.0. The maximum absolute atomic E-state index is 11.2. The number of rotatable bonds is 3. The molecule has 0 aliphatic rings. The Bertz CT molecular complexity index is 602. The van der Waals surface area contributed by atoms with Crippen molar-refractivity contribution >= 4 is 28.4 Å². The van der Waals surface area contributed by atoms with E-state index in [0.29, 0.717) is 12.0 Å². The van der Waals surface area contributed by atoms with Crippen LogP contribution in [0.3, 0.4) is 0 Å². The number of hydrogen-bond acceptors (Lipinski definition) is 6. The lowest BCUT2D eigenvalue weighted by atomic mass is 10.1. The molecule has 19 heavy (non-hydrogen) atoms. The van der Waals surface area contributed by atoms with Gasteiger partial charge in [-0.1, -0.05) is 0 Å². The Labute approximate surface area is 116 Å². The summed E-state index contributed by atoms with van der Waals surface area (Å²) in [5, 5.41) is 9.78. The summed E-state index contributed by atoms with van der Waals surface area (Å²) < 4.78 is 43.3. The van der Waals surface area contributed by atoms with Crippen molar-refractivity contribution in [2.75, 3.05) is 0 Å². The Balaban J connectivity index is 3.45. The molecule has 0 atom stereocenters. The third-order valence-corrected chi connectivity index (χ3v) is 3.67. The van der Waals surface area contributed by atoms with E-state index in [-0.39, 0.29) is 10.5 Å². The van der Waals surface area contributed by atoms with Crippen LogP contribution in [0.15, 0.2) is 28.0 Å². The van der Waals surface area contributed by atoms with Gasteiger partial charge in [0.1, 0.15) is 10.1 Å². The lowest BCUT2D eigenvalue weighted by Gasteiger charge is -2.13. The van der Waals surface area contributed by atoms with Gasteiger partial charge in [-0.05, 0) is 22.9 Å². The Hall–Kier alpha value is -1.09. The SMILES string of the molecule is CC(C)(C)/[N+](O)=C/c1ccc(SO)cc1S(=O)(=O)[O-]. The van der Waals surface area contributed by atoms with Crippen LogP contribution in [0.4, 0.5) is 0 Å². The molecule has 0 aromatic heterocycles. The monoisotopic (exact) mass is 305 g/mol. The zero-order chi connectivity index (χ0) is 14.8. The predicted molar refractivity (Wildman–Crippen MR) is 69.9 cm³/mol. The molecule has 0 heterocycles. The van der Waals surface area contributed by atoms with Gasteiger partial charge < -0.3 is 9.11 Å². The fraction of sp³-hybridized carbons (Fsp3) is 0.364. The van der Waals surface area contributed by atoms with Crippen molar-refractivity contribution in [3.8, 4) is 0 Å². The molecule has 0 saturated heterocycles. The molecule has 0 aliphatic carbocycles. The van der Waals surface area contributed by atoms with Crippen molar-refractivity contribution in [1.82, 2.24) is 0 Å². The van der Waals surface area contributed by atoms with E-state index in [1.54, 1.807) is 20.8 Å². The topological polar surface area (TPSA) is 101 Å². The highest BCUT2D eigenvalue weighted by atomic mass is 32.2. The third-order valence-electron chi connectivity index (χ3n) is 2.31. The fourth-order valence-corrected chi connectivity index (χ4v) is 2.27. The molecule has 6 nitrogen and oxygen atoms in total. The zero-order valence-electron chi connectivity index (χ0n) is 10.7. The second-order valence-electron chi connectivity index (χ2n) is 4.89. The van der Waals surface area contributed by atoms with E-state index in [1.165, 1.54) is 12.1 Å². The molecule has 0 spiro atoms. The molecule has 1 aromatic carbocycles. The summed E-state index contributed by atoms with van der Waals surface area (Å²) in [7, 11) is -4.70. The molecule has 0 radical (unpaired) electrons. The first-order chi connectivity index (χ1) is 8.55. The highest BCUT2D eigenvalue weighted by molar-refractivity contribution is 7.93. The normalized spacial score (nSPS) is 13.6. The highest BCUT2D eigenvalue weighted by Gasteiger charge is 2.25. The molecule has 2 N–H and O–H groups in total. The minimum Gasteiger partial charge on any atom is -0.744 e. The van der Waals surface area contributed by atoms with E-state index < -0.39 is 20.6 Å². The Morgan fingerprint density at radius 3 is 2.37 bits per heavy atom. The minimum absolute atomic E-state index is 0.0604. The number of nitrogens with zero attached hydrogens (tertiary/aromatic N) is 1. The lowest BCUT2D eigenvalue weighted by molar-refractivity contribution is -0.816. The molecule has 106 valence electrons. The van der Waals surface area contributed by atoms with Crippen LogP contribution in [0.1, 0.15) is 26.3 Å². The van der Waals surface area contributed by atoms with Crippen molar-refractivity contribution in [3.05, 3.63) is 23.8 Å². The van der Waals surface area contributed by atoms with Gasteiger partial charge in [-0.2, -0.15) is 0 Å². The van der Waals surface area contributed by atoms with Gasteiger partial charge in [-0.3, -0.25) is 5.21 Å². The van der Waals surface area contributed by atoms with Crippen LogP contribution in [-0.4, -0.2) is 39.2 Å². The average Bonchev–Trinajstić information content (AvgIpc) is 2.26. The summed E-state index contributed by atoms with van der Waals surface area (Å²) in [6, 6.07) is 3.86. The van der Waals surface area contributed by atoms with Crippen LogP contribution in [0.25, 0.3) is 0 Å². The second-order valence-corrected chi connectivity index (χ2v) is 6.89. The van der Waals surface area contributed by atoms with Gasteiger partial charge in [0.05, 0.1) is 10.5 Å². The van der Waals surface area contributed by atoms with Crippen molar-refractivity contribution in [1.29, 1.82) is 0 Å². The summed E-state index contributed by atoms with van der Waals surface area (Å²) in [5.41, 5.74) is -0.584.